The number of carboxylic acid groups (broad SMARTS) is 1. The molecule has 0 unspecified atom stereocenters. The Kier molecular flexibility index (Phi) is 5.82. The second-order valence-corrected chi connectivity index (χ2v) is 2.40. The summed E-state index contributed by atoms with van der Waals surface area (Å²) in [7, 11) is 1.46. The number of hydrogen-bond donors (Lipinski definition) is 3. The zero-order valence-electron chi connectivity index (χ0n) is 7.32. The fraction of sp³-hybridized carbons (Fsp3) is 0.714. The lowest BCUT2D eigenvalue weighted by Crippen LogP contribution is -2.36. The van der Waals surface area contributed by atoms with Crippen molar-refractivity contribution in [2.45, 2.75) is 12.5 Å². The number of aliphatic hydroxyl groups excluding tert-OH is 1. The average Bonchev–Trinajstić information content (AvgIpc) is 2.10. The zero-order valence-corrected chi connectivity index (χ0v) is 7.32. The maximum atomic E-state index is 10.8. The van der Waals surface area contributed by atoms with Crippen LogP contribution in [0.3, 0.4) is 0 Å². The highest BCUT2D eigenvalue weighted by Crippen LogP contribution is 1.83. The molecule has 3 N–H and O–H groups in total. The van der Waals surface area contributed by atoms with Crippen molar-refractivity contribution in [1.82, 2.24) is 5.32 Å². The van der Waals surface area contributed by atoms with Crippen molar-refractivity contribution in [3.05, 3.63) is 0 Å². The first-order chi connectivity index (χ1) is 6.07. The molecule has 6 nitrogen and oxygen atoms in total. The van der Waals surface area contributed by atoms with E-state index in [9.17, 15) is 9.59 Å². The molecule has 0 rings (SSSR count). The summed E-state index contributed by atoms with van der Waals surface area (Å²) in [5, 5.41) is 19.2. The van der Waals surface area contributed by atoms with E-state index in [0.29, 0.717) is 0 Å². The van der Waals surface area contributed by atoms with Crippen molar-refractivity contribution in [3.8, 4) is 0 Å². The Hall–Kier alpha value is -1.14. The minimum absolute atomic E-state index is 0.156. The predicted molar refractivity (Wildman–Crippen MR) is 43.1 cm³/mol. The van der Waals surface area contributed by atoms with Gasteiger partial charge in [0.25, 0.3) is 0 Å². The Morgan fingerprint density at radius 3 is 2.62 bits per heavy atom. The second kappa shape index (κ2) is 6.38. The number of aliphatic hydroxyl groups is 1. The van der Waals surface area contributed by atoms with Crippen LogP contribution in [0.25, 0.3) is 0 Å². The SMILES string of the molecule is COCCC(=O)NC[C@H](O)C(=O)O. The number of carbonyl (C=O) groups excluding carboxylic acids is 1. The van der Waals surface area contributed by atoms with Crippen LogP contribution < -0.4 is 5.32 Å². The van der Waals surface area contributed by atoms with Gasteiger partial charge in [-0.1, -0.05) is 0 Å². The number of methoxy groups -OCH3 is 1. The summed E-state index contributed by atoms with van der Waals surface area (Å²) >= 11 is 0. The van der Waals surface area contributed by atoms with Crippen molar-refractivity contribution in [1.29, 1.82) is 0 Å². The maximum Gasteiger partial charge on any atom is 0.334 e. The van der Waals surface area contributed by atoms with Crippen molar-refractivity contribution in [2.75, 3.05) is 20.3 Å². The average molecular weight is 191 g/mol. The molecule has 0 radical (unpaired) electrons. The largest absolute Gasteiger partial charge is 0.479 e. The molecule has 0 aromatic heterocycles. The molecule has 0 saturated heterocycles. The smallest absolute Gasteiger partial charge is 0.334 e. The lowest BCUT2D eigenvalue weighted by Gasteiger charge is -2.06. The predicted octanol–water partition coefficient (Wildman–Crippen LogP) is -1.42. The van der Waals surface area contributed by atoms with E-state index >= 15 is 0 Å². The highest BCUT2D eigenvalue weighted by atomic mass is 16.5. The van der Waals surface area contributed by atoms with Crippen LogP contribution in [0.5, 0.6) is 0 Å². The Labute approximate surface area is 75.5 Å². The highest BCUT2D eigenvalue weighted by Gasteiger charge is 2.13. The Morgan fingerprint density at radius 2 is 2.15 bits per heavy atom. The third-order valence-electron chi connectivity index (χ3n) is 1.31. The molecule has 76 valence electrons. The summed E-state index contributed by atoms with van der Waals surface area (Å²) < 4.78 is 4.63. The van der Waals surface area contributed by atoms with E-state index in [1.54, 1.807) is 0 Å². The van der Waals surface area contributed by atoms with Crippen LogP contribution in [0.15, 0.2) is 0 Å². The van der Waals surface area contributed by atoms with Crippen molar-refractivity contribution >= 4 is 11.9 Å². The van der Waals surface area contributed by atoms with Gasteiger partial charge in [-0.25, -0.2) is 4.79 Å². The third kappa shape index (κ3) is 6.06. The van der Waals surface area contributed by atoms with E-state index < -0.39 is 12.1 Å². The van der Waals surface area contributed by atoms with Crippen LogP contribution in [0, 0.1) is 0 Å². The minimum atomic E-state index is -1.55. The lowest BCUT2D eigenvalue weighted by molar-refractivity contribution is -0.146. The van der Waals surface area contributed by atoms with E-state index in [1.165, 1.54) is 7.11 Å². The molecule has 0 aliphatic rings. The summed E-state index contributed by atoms with van der Waals surface area (Å²) in [6.07, 6.45) is -1.39. The molecule has 0 aromatic rings. The second-order valence-electron chi connectivity index (χ2n) is 2.40. The molecule has 0 saturated carbocycles. The lowest BCUT2D eigenvalue weighted by atomic mass is 10.3. The molecule has 0 fully saturated rings. The number of nitrogens with one attached hydrogen (secondary N) is 1. The summed E-state index contributed by atoms with van der Waals surface area (Å²) in [6.45, 7) is -0.00706. The van der Waals surface area contributed by atoms with Gasteiger partial charge in [-0.3, -0.25) is 4.79 Å². The number of amides is 1. The summed E-state index contributed by atoms with van der Waals surface area (Å²) in [4.78, 5) is 20.9. The number of rotatable bonds is 6. The number of carboxylic acids is 1. The first-order valence-corrected chi connectivity index (χ1v) is 3.74. The Morgan fingerprint density at radius 1 is 1.54 bits per heavy atom. The van der Waals surface area contributed by atoms with Crippen LogP contribution in [0.4, 0.5) is 0 Å². The van der Waals surface area contributed by atoms with Crippen molar-refractivity contribution < 1.29 is 24.5 Å². The third-order valence-corrected chi connectivity index (χ3v) is 1.31. The van der Waals surface area contributed by atoms with Crippen LogP contribution in [-0.4, -0.2) is 48.5 Å². The van der Waals surface area contributed by atoms with Crippen LogP contribution >= 0.6 is 0 Å². The maximum absolute atomic E-state index is 10.8. The molecular formula is C7H13NO5. The molecule has 0 spiro atoms. The van der Waals surface area contributed by atoms with Gasteiger partial charge in [-0.2, -0.15) is 0 Å². The summed E-state index contributed by atoms with van der Waals surface area (Å²) in [5.74, 6) is -1.70. The fourth-order valence-electron chi connectivity index (χ4n) is 0.581. The number of hydrogen-bond acceptors (Lipinski definition) is 4. The molecule has 0 bridgehead atoms. The number of ether oxygens (including phenoxy) is 1. The standard InChI is InChI=1S/C7H13NO5/c1-13-3-2-6(10)8-4-5(9)7(11)12/h5,9H,2-4H2,1H3,(H,8,10)(H,11,12)/t5-/m0/s1. The van der Waals surface area contributed by atoms with Gasteiger partial charge in [0.15, 0.2) is 6.10 Å². The van der Waals surface area contributed by atoms with Crippen LogP contribution in [0.2, 0.25) is 0 Å². The van der Waals surface area contributed by atoms with E-state index in [2.05, 4.69) is 10.1 Å². The van der Waals surface area contributed by atoms with Gasteiger partial charge < -0.3 is 20.3 Å². The molecule has 0 heterocycles. The van der Waals surface area contributed by atoms with Crippen LogP contribution in [-0.2, 0) is 14.3 Å². The van der Waals surface area contributed by atoms with Gasteiger partial charge in [-0.15, -0.1) is 0 Å². The summed E-state index contributed by atoms with van der Waals surface area (Å²) in [6, 6.07) is 0. The van der Waals surface area contributed by atoms with E-state index in [0.717, 1.165) is 0 Å². The van der Waals surface area contributed by atoms with Gasteiger partial charge in [0.1, 0.15) is 0 Å². The van der Waals surface area contributed by atoms with Gasteiger partial charge in [0.2, 0.25) is 5.91 Å². The van der Waals surface area contributed by atoms with Crippen molar-refractivity contribution in [3.63, 3.8) is 0 Å². The van der Waals surface area contributed by atoms with Gasteiger partial charge >= 0.3 is 5.97 Å². The van der Waals surface area contributed by atoms with Crippen LogP contribution in [0.1, 0.15) is 6.42 Å². The molecule has 6 heteroatoms. The molecule has 0 aliphatic heterocycles. The van der Waals surface area contributed by atoms with E-state index in [4.69, 9.17) is 10.2 Å². The zero-order chi connectivity index (χ0) is 10.3. The topological polar surface area (TPSA) is 95.9 Å². The van der Waals surface area contributed by atoms with Crippen molar-refractivity contribution in [2.24, 2.45) is 0 Å². The quantitative estimate of drug-likeness (QED) is 0.479. The number of aliphatic carboxylic acids is 1. The molecule has 0 aliphatic carbocycles. The highest BCUT2D eigenvalue weighted by molar-refractivity contribution is 5.77. The number of carbonyl (C=O) groups is 2. The molecular weight excluding hydrogens is 178 g/mol. The Bertz CT molecular complexity index is 182. The van der Waals surface area contributed by atoms with Gasteiger partial charge in [0, 0.05) is 13.5 Å². The van der Waals surface area contributed by atoms with Gasteiger partial charge in [0.05, 0.1) is 13.2 Å². The fourth-order valence-corrected chi connectivity index (χ4v) is 0.581. The summed E-state index contributed by atoms with van der Waals surface area (Å²) in [5.41, 5.74) is 0. The molecule has 13 heavy (non-hydrogen) atoms. The molecule has 1 amide bonds. The molecule has 1 atom stereocenters. The van der Waals surface area contributed by atoms with E-state index in [-0.39, 0.29) is 25.5 Å². The first-order valence-electron chi connectivity index (χ1n) is 3.74. The van der Waals surface area contributed by atoms with Gasteiger partial charge in [-0.05, 0) is 0 Å². The monoisotopic (exact) mass is 191 g/mol. The molecule has 0 aromatic carbocycles. The first kappa shape index (κ1) is 11.9. The normalized spacial score (nSPS) is 12.2. The minimum Gasteiger partial charge on any atom is -0.479 e. The van der Waals surface area contributed by atoms with E-state index in [1.807, 2.05) is 0 Å². The Balaban J connectivity index is 3.52.